The first-order valence-corrected chi connectivity index (χ1v) is 34.0. The molecule has 0 saturated heterocycles. The molecule has 7 aromatic carbocycles. The third-order valence-electron chi connectivity index (χ3n) is 14.6. The van der Waals surface area contributed by atoms with Gasteiger partial charge < -0.3 is 30.3 Å². The maximum atomic E-state index is 13.1. The van der Waals surface area contributed by atoms with Crippen LogP contribution in [0.5, 0.6) is 0 Å². The molecule has 523 valence electrons. The average Bonchev–Trinajstić information content (AvgIpc) is 1.60. The first-order chi connectivity index (χ1) is 46.8. The minimum atomic E-state index is -0.214. The number of benzene rings is 7. The van der Waals surface area contributed by atoms with E-state index in [4.69, 9.17) is 25.3 Å². The van der Waals surface area contributed by atoms with Gasteiger partial charge in [0, 0.05) is 148 Å². The largest absolute Gasteiger partial charge is 0.512 e. The van der Waals surface area contributed by atoms with Crippen molar-refractivity contribution < 1.29 is 94.4 Å². The summed E-state index contributed by atoms with van der Waals surface area (Å²) in [5, 5.41) is 28.6. The third kappa shape index (κ3) is 24.6. The molecule has 0 spiro atoms. The Bertz CT molecular complexity index is 4930. The number of allylic oxidation sites excluding steroid dienone is 6. The minimum Gasteiger partial charge on any atom is -0.512 e. The summed E-state index contributed by atoms with van der Waals surface area (Å²) >= 11 is 5.37. The van der Waals surface area contributed by atoms with Gasteiger partial charge in [0.25, 0.3) is 0 Å². The molecular formula is C85H77FIr3N3O6S3-3. The van der Waals surface area contributed by atoms with Crippen molar-refractivity contribution >= 4 is 81.6 Å². The molecule has 0 fully saturated rings. The molecule has 16 heteroatoms. The summed E-state index contributed by atoms with van der Waals surface area (Å²) in [4.78, 5) is 47.9. The van der Waals surface area contributed by atoms with E-state index < -0.39 is 0 Å². The molecule has 6 heterocycles. The molecular weight excluding hydrogens is 1850 g/mol. The predicted molar refractivity (Wildman–Crippen MR) is 408 cm³/mol. The molecule has 0 amide bonds. The molecule has 0 atom stereocenters. The molecule has 3 radical (unpaired) electrons. The van der Waals surface area contributed by atoms with Crippen LogP contribution in [0, 0.1) is 72.5 Å². The third-order valence-corrected chi connectivity index (χ3v) is 18.2. The molecule has 101 heavy (non-hydrogen) atoms. The van der Waals surface area contributed by atoms with Crippen LogP contribution in [0.2, 0.25) is 0 Å². The molecule has 0 saturated carbocycles. The Hall–Kier alpha value is -8.62. The van der Waals surface area contributed by atoms with Gasteiger partial charge in [-0.25, -0.2) is 4.39 Å². The van der Waals surface area contributed by atoms with Crippen molar-refractivity contribution in [1.82, 2.24) is 15.0 Å². The van der Waals surface area contributed by atoms with E-state index >= 15 is 0 Å². The first-order valence-electron chi connectivity index (χ1n) is 31.6. The minimum absolute atomic E-state index is 0. The molecule has 0 unspecified atom stereocenters. The Morgan fingerprint density at radius 1 is 0.396 bits per heavy atom. The van der Waals surface area contributed by atoms with Crippen LogP contribution >= 0.6 is 34.0 Å². The predicted octanol–water partition coefficient (Wildman–Crippen LogP) is 23.4. The number of aliphatic hydroxyl groups is 3. The number of ketones is 3. The van der Waals surface area contributed by atoms with Gasteiger partial charge in [0.2, 0.25) is 0 Å². The summed E-state index contributed by atoms with van der Waals surface area (Å²) in [7, 11) is 0. The van der Waals surface area contributed by atoms with E-state index in [0.717, 1.165) is 66.3 Å². The molecule has 0 aliphatic heterocycles. The Morgan fingerprint density at radius 2 is 0.752 bits per heavy atom. The summed E-state index contributed by atoms with van der Waals surface area (Å²) in [6.45, 7) is 23.3. The van der Waals surface area contributed by atoms with Gasteiger partial charge in [0.1, 0.15) is 5.82 Å². The SMILES string of the molecule is CC(=O)C=C(C)O.CC(=O)C=C(C)O.CC(=O)C=C(C)O.Cc1[c-]c(-c2cc3sc(-c4ccc(F)cc4)cc3cn2)cc(C)c1.Cc1[c-]c(-c2cc3sc(-c4ccccc4)c(-c4ccccc4)c3cn2)cc(C)c1.Cc1[c-]c(-c2cc3sc(-c4ccccc4)c(C)c3cn2)cc(C)c1.[Ir].[Ir].[Ir]. The second kappa shape index (κ2) is 39.5. The molecule has 13 aromatic rings. The number of aryl methyl sites for hydroxylation is 7. The maximum Gasteiger partial charge on any atom is 0.155 e. The normalized spacial score (nSPS) is 10.9. The number of halogens is 1. The van der Waals surface area contributed by atoms with Gasteiger partial charge in [-0.3, -0.25) is 14.4 Å². The summed E-state index contributed by atoms with van der Waals surface area (Å²) in [5.41, 5.74) is 20.5. The van der Waals surface area contributed by atoms with Crippen LogP contribution in [0.25, 0.3) is 106 Å². The molecule has 13 rings (SSSR count). The monoisotopic (exact) mass is 1930 g/mol. The Balaban J connectivity index is 0.000000236. The standard InChI is InChI=1S/C27H20NS.C22H18NS.C21H15FNS.3C5H8O2.3Ir/c1-18-13-19(2)15-22(14-18)24-16-25-23(17-28-24)26(20-9-5-3-6-10-20)27(29-25)21-11-7-4-8-12-21;1-14-9-15(2)11-18(10-14)20-12-21-19(13-23-20)16(3)22(24-21)17-7-5-4-6-8-17;1-13-7-14(2)9-16(8-13)19-11-21-17(12-23-19)10-20(24-21)15-3-5-18(22)6-4-15;3*1-4(6)3-5(2)7;;;/h3-14,16-17H,1-2H3;4-10,12-13H,1-3H3;3-8,10-12H,1-2H3;3*3,6H,1-2H3;;;/q3*-1;;;;;;. The quantitative estimate of drug-likeness (QED) is 0.0691. The van der Waals surface area contributed by atoms with Crippen LogP contribution < -0.4 is 0 Å². The number of hydrogen-bond donors (Lipinski definition) is 3. The van der Waals surface area contributed by atoms with Crippen LogP contribution in [0.4, 0.5) is 4.39 Å². The molecule has 0 bridgehead atoms. The van der Waals surface area contributed by atoms with Crippen LogP contribution in [0.3, 0.4) is 0 Å². The smallest absolute Gasteiger partial charge is 0.155 e. The van der Waals surface area contributed by atoms with Gasteiger partial charge in [-0.2, -0.15) is 0 Å². The van der Waals surface area contributed by atoms with Crippen LogP contribution in [0.1, 0.15) is 80.5 Å². The maximum absolute atomic E-state index is 13.1. The summed E-state index contributed by atoms with van der Waals surface area (Å²) in [6.07, 6.45) is 9.44. The second-order valence-electron chi connectivity index (χ2n) is 23.8. The molecule has 6 aromatic heterocycles. The van der Waals surface area contributed by atoms with E-state index in [1.807, 2.05) is 60.3 Å². The zero-order chi connectivity index (χ0) is 70.7. The van der Waals surface area contributed by atoms with E-state index in [0.29, 0.717) is 0 Å². The number of thiophene rings is 3. The fourth-order valence-corrected chi connectivity index (χ4v) is 14.3. The van der Waals surface area contributed by atoms with Crippen molar-refractivity contribution in [3.05, 3.63) is 293 Å². The Kier molecular flexibility index (Phi) is 32.5. The Labute approximate surface area is 644 Å². The van der Waals surface area contributed by atoms with Gasteiger partial charge >= 0.3 is 0 Å². The number of hydrogen-bond acceptors (Lipinski definition) is 12. The summed E-state index contributed by atoms with van der Waals surface area (Å²) in [6, 6.07) is 70.1. The fourth-order valence-electron chi connectivity index (χ4n) is 10.8. The van der Waals surface area contributed by atoms with E-state index in [1.54, 1.807) is 11.3 Å². The van der Waals surface area contributed by atoms with E-state index in [9.17, 15) is 18.8 Å². The van der Waals surface area contributed by atoms with Gasteiger partial charge in [0.15, 0.2) is 17.3 Å². The first kappa shape index (κ1) is 83.0. The number of aromatic nitrogens is 3. The molecule has 3 N–H and O–H groups in total. The van der Waals surface area contributed by atoms with Crippen molar-refractivity contribution in [2.75, 3.05) is 0 Å². The van der Waals surface area contributed by atoms with Gasteiger partial charge in [-0.05, 0) is 112 Å². The van der Waals surface area contributed by atoms with Crippen LogP contribution in [0.15, 0.2) is 230 Å². The van der Waals surface area contributed by atoms with E-state index in [2.05, 4.69) is 216 Å². The average molecular weight is 1930 g/mol. The van der Waals surface area contributed by atoms with Crippen molar-refractivity contribution in [3.63, 3.8) is 0 Å². The number of carbonyl (C=O) groups excluding carboxylic acids is 3. The molecule has 0 aliphatic carbocycles. The van der Waals surface area contributed by atoms with Crippen molar-refractivity contribution in [3.8, 4) is 76.2 Å². The number of pyridine rings is 3. The van der Waals surface area contributed by atoms with Gasteiger partial charge in [-0.15, -0.1) is 139 Å². The molecule has 0 aliphatic rings. The van der Waals surface area contributed by atoms with Gasteiger partial charge in [-0.1, -0.05) is 163 Å². The number of fused-ring (bicyclic) bond motifs is 3. The number of rotatable bonds is 10. The van der Waals surface area contributed by atoms with Crippen molar-refractivity contribution in [2.24, 2.45) is 0 Å². The number of carbonyl (C=O) groups is 3. The zero-order valence-corrected chi connectivity index (χ0v) is 67.9. The molecule has 9 nitrogen and oxygen atoms in total. The fraction of sp³-hybridized carbons (Fsp3) is 0.153. The topological polar surface area (TPSA) is 151 Å². The second-order valence-corrected chi connectivity index (χ2v) is 27.0. The van der Waals surface area contributed by atoms with E-state index in [-0.39, 0.29) is 101 Å². The van der Waals surface area contributed by atoms with Crippen molar-refractivity contribution in [2.45, 2.75) is 90.0 Å². The Morgan fingerprint density at radius 3 is 1.14 bits per heavy atom. The summed E-state index contributed by atoms with van der Waals surface area (Å²) in [5.74, 6) is -0.401. The van der Waals surface area contributed by atoms with Gasteiger partial charge in [0.05, 0.1) is 17.3 Å². The van der Waals surface area contributed by atoms with Crippen LogP contribution in [-0.2, 0) is 74.7 Å². The summed E-state index contributed by atoms with van der Waals surface area (Å²) < 4.78 is 16.8. The number of aliphatic hydroxyl groups excluding tert-OH is 3. The van der Waals surface area contributed by atoms with Crippen LogP contribution in [-0.4, -0.2) is 47.6 Å². The van der Waals surface area contributed by atoms with E-state index in [1.165, 1.54) is 151 Å². The van der Waals surface area contributed by atoms with Crippen molar-refractivity contribution in [1.29, 1.82) is 0 Å². The zero-order valence-electron chi connectivity index (χ0n) is 58.2. The number of nitrogens with zero attached hydrogens (tertiary/aromatic N) is 3.